The lowest BCUT2D eigenvalue weighted by atomic mass is 9.65. The van der Waals surface area contributed by atoms with Crippen molar-refractivity contribution in [1.29, 1.82) is 0 Å². The third-order valence-corrected chi connectivity index (χ3v) is 35.6. The lowest BCUT2D eigenvalue weighted by Crippen LogP contribution is -2.54. The molecule has 1 heterocycles. The van der Waals surface area contributed by atoms with Crippen LogP contribution in [-0.2, 0) is 22.9 Å². The number of rotatable bonds is 20. The summed E-state index contributed by atoms with van der Waals surface area (Å²) in [7, 11) is -6.64. The van der Waals surface area contributed by atoms with E-state index in [1.807, 2.05) is 0 Å². The smallest absolute Gasteiger partial charge is 0.258 e. The predicted octanol–water partition coefficient (Wildman–Crippen LogP) is 15.0. The van der Waals surface area contributed by atoms with Crippen LogP contribution < -0.4 is 0 Å². The number of hydrogen-bond donors (Lipinski definition) is 0. The number of imide groups is 1. The molecule has 2 amide bonds. The third kappa shape index (κ3) is 8.79. The van der Waals surface area contributed by atoms with Crippen molar-refractivity contribution in [3.05, 3.63) is 23.5 Å². The minimum Gasteiger partial charge on any atom is -0.546 e. The molecule has 0 spiro atoms. The van der Waals surface area contributed by atoms with Crippen molar-refractivity contribution in [3.8, 4) is 0 Å². The van der Waals surface area contributed by atoms with E-state index in [4.69, 9.17) is 13.3 Å². The second kappa shape index (κ2) is 19.0. The average molecular weight is 875 g/mol. The number of nitrogens with zero attached hydrogens (tertiary/aromatic N) is 1. The molecule has 0 aromatic rings. The van der Waals surface area contributed by atoms with Gasteiger partial charge in [-0.2, -0.15) is 0 Å². The average Bonchev–Trinajstić information content (AvgIpc) is 3.42. The maximum Gasteiger partial charge on any atom is 0.258 e. The van der Waals surface area contributed by atoms with Crippen LogP contribution in [0.15, 0.2) is 23.5 Å². The number of likely N-dealkylation sites (tertiary alicyclic amines) is 1. The fourth-order valence-electron chi connectivity index (χ4n) is 13.8. The van der Waals surface area contributed by atoms with Crippen molar-refractivity contribution in [2.45, 2.75) is 241 Å². The molecule has 4 atom stereocenters. The summed E-state index contributed by atoms with van der Waals surface area (Å²) in [5, 5.41) is 0. The molecule has 3 aliphatic rings. The van der Waals surface area contributed by atoms with Crippen LogP contribution >= 0.6 is 0 Å². The van der Waals surface area contributed by atoms with Gasteiger partial charge in [-0.15, -0.1) is 0 Å². The van der Waals surface area contributed by atoms with E-state index in [9.17, 15) is 4.79 Å². The Hall–Kier alpha value is -1.01. The van der Waals surface area contributed by atoms with E-state index in [2.05, 4.69) is 171 Å². The van der Waals surface area contributed by atoms with E-state index in [1.165, 1.54) is 0 Å². The summed E-state index contributed by atoms with van der Waals surface area (Å²) in [6.45, 7) is 54.5. The van der Waals surface area contributed by atoms with E-state index in [-0.39, 0.29) is 35.1 Å². The molecule has 2 aliphatic carbocycles. The lowest BCUT2D eigenvalue weighted by Gasteiger charge is -2.48. The molecule has 0 aromatic heterocycles. The summed E-state index contributed by atoms with van der Waals surface area (Å²) in [6.07, 6.45) is 7.78. The highest BCUT2D eigenvalue weighted by Gasteiger charge is 2.68. The van der Waals surface area contributed by atoms with Crippen LogP contribution in [0.4, 0.5) is 0 Å². The first-order valence-electron chi connectivity index (χ1n) is 24.1. The number of piperidine rings is 1. The minimum atomic E-state index is -2.28. The molecule has 1 saturated heterocycles. The molecule has 342 valence electrons. The standard InChI is InChI=1S/C50H95NO5Si3/c1-32(2)57(33(3)4,34(5)6)54-30-42(31-55-58(35(7)8,36(9)10)37(11)12)24-25-43-41(19)44(56-59(38(13)14,39(15)16)40(17)18)26-28-49(43,22)46(52)51-45-27-29-50(23,47(51)53)48(45,20)21/h24-25,32-40,42-43,45H,26-31H2,1-23H3/b25-24+/t43-,45-,49+,50-/m1/s1. The molecule has 2 bridgehead atoms. The van der Waals surface area contributed by atoms with Gasteiger partial charge in [0.15, 0.2) is 16.6 Å². The molecule has 9 heteroatoms. The molecule has 0 aromatic carbocycles. The van der Waals surface area contributed by atoms with Crippen LogP contribution in [-0.4, -0.2) is 60.9 Å². The highest BCUT2D eigenvalue weighted by molar-refractivity contribution is 6.78. The minimum absolute atomic E-state index is 0.00196. The zero-order valence-corrected chi connectivity index (χ0v) is 45.8. The Morgan fingerprint density at radius 2 is 1.05 bits per heavy atom. The largest absolute Gasteiger partial charge is 0.546 e. The van der Waals surface area contributed by atoms with Gasteiger partial charge in [-0.05, 0) is 94.0 Å². The normalized spacial score (nSPS) is 25.9. The fourth-order valence-corrected chi connectivity index (χ4v) is 30.2. The zero-order chi connectivity index (χ0) is 45.6. The van der Waals surface area contributed by atoms with Gasteiger partial charge in [-0.3, -0.25) is 14.5 Å². The van der Waals surface area contributed by atoms with E-state index in [0.29, 0.717) is 75.9 Å². The summed E-state index contributed by atoms with van der Waals surface area (Å²) >= 11 is 0. The van der Waals surface area contributed by atoms with Crippen LogP contribution in [0, 0.1) is 28.1 Å². The molecular weight excluding hydrogens is 779 g/mol. The van der Waals surface area contributed by atoms with E-state index >= 15 is 4.79 Å². The Balaban J connectivity index is 2.28. The fraction of sp³-hybridized carbons (Fsp3) is 0.880. The highest BCUT2D eigenvalue weighted by Crippen LogP contribution is 2.62. The van der Waals surface area contributed by atoms with E-state index in [1.54, 1.807) is 4.90 Å². The Morgan fingerprint density at radius 1 is 0.661 bits per heavy atom. The van der Waals surface area contributed by atoms with Crippen LogP contribution in [0.5, 0.6) is 0 Å². The second-order valence-corrected chi connectivity index (χ2v) is 39.7. The first-order valence-corrected chi connectivity index (χ1v) is 30.6. The Labute approximate surface area is 368 Å². The number of carbonyl (C=O) groups excluding carboxylic acids is 2. The number of allylic oxidation sites excluding steroid dienone is 3. The zero-order valence-electron chi connectivity index (χ0n) is 42.8. The van der Waals surface area contributed by atoms with Crippen LogP contribution in [0.1, 0.15) is 185 Å². The molecule has 59 heavy (non-hydrogen) atoms. The molecule has 0 radical (unpaired) electrons. The molecule has 1 saturated carbocycles. The molecule has 2 fully saturated rings. The van der Waals surface area contributed by atoms with Crippen molar-refractivity contribution < 1.29 is 22.9 Å². The number of hydrogen-bond acceptors (Lipinski definition) is 5. The summed E-state index contributed by atoms with van der Waals surface area (Å²) < 4.78 is 22.3. The van der Waals surface area contributed by atoms with Crippen molar-refractivity contribution in [2.24, 2.45) is 28.1 Å². The van der Waals surface area contributed by atoms with E-state index < -0.39 is 35.8 Å². The van der Waals surface area contributed by atoms with Gasteiger partial charge in [0.25, 0.3) is 8.32 Å². The van der Waals surface area contributed by atoms with Crippen molar-refractivity contribution in [3.63, 3.8) is 0 Å². The van der Waals surface area contributed by atoms with Gasteiger partial charge >= 0.3 is 0 Å². The first kappa shape index (κ1) is 52.3. The summed E-state index contributed by atoms with van der Waals surface area (Å²) in [5.74, 6) is 0.883. The highest BCUT2D eigenvalue weighted by atomic mass is 28.4. The van der Waals surface area contributed by atoms with Gasteiger partial charge < -0.3 is 13.3 Å². The number of carbonyl (C=O) groups is 2. The van der Waals surface area contributed by atoms with Crippen LogP contribution in [0.25, 0.3) is 0 Å². The van der Waals surface area contributed by atoms with Crippen molar-refractivity contribution in [1.82, 2.24) is 4.90 Å². The summed E-state index contributed by atoms with van der Waals surface area (Å²) in [6, 6.07) is -0.0734. The Bertz CT molecular complexity index is 1420. The monoisotopic (exact) mass is 874 g/mol. The van der Waals surface area contributed by atoms with Crippen LogP contribution in [0.2, 0.25) is 49.9 Å². The maximum atomic E-state index is 15.4. The SMILES string of the molecule is CC1=C(O[Si](C(C)C)(C(C)C)C(C)C)CC[C@](C)(C(=O)N2C(=O)[C@@]3(C)CC[C@@H]2C3(C)C)[C@@H]1/C=C/C(CO[Si](C(C)C)(C(C)C)C(C)C)CO[Si](C(C)C)(C(C)C)C(C)C. The van der Waals surface area contributed by atoms with Crippen molar-refractivity contribution >= 4 is 36.8 Å². The summed E-state index contributed by atoms with van der Waals surface area (Å²) in [4.78, 5) is 31.5. The molecule has 3 rings (SSSR count). The third-order valence-electron chi connectivity index (χ3n) is 17.4. The second-order valence-electron chi connectivity index (χ2n) is 23.4. The maximum absolute atomic E-state index is 15.4. The molecule has 1 aliphatic heterocycles. The number of fused-ring (bicyclic) bond motifs is 2. The van der Waals surface area contributed by atoms with Crippen LogP contribution in [0.3, 0.4) is 0 Å². The van der Waals surface area contributed by atoms with Crippen molar-refractivity contribution in [2.75, 3.05) is 13.2 Å². The van der Waals surface area contributed by atoms with Gasteiger partial charge in [-0.1, -0.05) is 158 Å². The molecule has 0 unspecified atom stereocenters. The summed E-state index contributed by atoms with van der Waals surface area (Å²) in [5.41, 5.74) is 3.71. The molecule has 6 nitrogen and oxygen atoms in total. The Kier molecular flexibility index (Phi) is 16.8. The predicted molar refractivity (Wildman–Crippen MR) is 259 cm³/mol. The van der Waals surface area contributed by atoms with Gasteiger partial charge in [-0.25, -0.2) is 0 Å². The topological polar surface area (TPSA) is 65.1 Å². The molecule has 0 N–H and O–H groups in total. The lowest BCUT2D eigenvalue weighted by molar-refractivity contribution is -0.157. The first-order chi connectivity index (χ1) is 26.9. The number of amides is 2. The van der Waals surface area contributed by atoms with Gasteiger partial charge in [0.1, 0.15) is 0 Å². The van der Waals surface area contributed by atoms with Gasteiger partial charge in [0, 0.05) is 37.5 Å². The Morgan fingerprint density at radius 3 is 1.39 bits per heavy atom. The molecular formula is C50H95NO5Si3. The quantitative estimate of drug-likeness (QED) is 0.0693. The van der Waals surface area contributed by atoms with Gasteiger partial charge in [0.2, 0.25) is 11.8 Å². The van der Waals surface area contributed by atoms with Gasteiger partial charge in [0.05, 0.1) is 16.6 Å². The van der Waals surface area contributed by atoms with E-state index in [0.717, 1.165) is 24.2 Å².